The van der Waals surface area contributed by atoms with Crippen LogP contribution in [0.4, 0.5) is 22.7 Å². The molecule has 0 radical (unpaired) electrons. The van der Waals surface area contributed by atoms with Gasteiger partial charge in [-0.25, -0.2) is 36.2 Å². The van der Waals surface area contributed by atoms with Gasteiger partial charge in [0.2, 0.25) is 31.9 Å². The zero-order chi connectivity index (χ0) is 51.3. The second kappa shape index (κ2) is 23.0. The minimum absolute atomic E-state index is 0. The monoisotopic (exact) mass is 1110 g/mol. The lowest BCUT2D eigenvalue weighted by atomic mass is 10.1. The predicted molar refractivity (Wildman–Crippen MR) is 291 cm³/mol. The number of carbonyl (C=O) groups excluding carboxylic acids is 2. The summed E-state index contributed by atoms with van der Waals surface area (Å²) in [7, 11) is -4.33. The summed E-state index contributed by atoms with van der Waals surface area (Å²) in [6.07, 6.45) is 6.00. The van der Waals surface area contributed by atoms with E-state index in [1.807, 2.05) is 24.3 Å². The van der Waals surface area contributed by atoms with Gasteiger partial charge in [-0.2, -0.15) is 0 Å². The van der Waals surface area contributed by atoms with E-state index in [-0.39, 0.29) is 29.0 Å². The molecule has 2 fully saturated rings. The molecule has 0 unspecified atom stereocenters. The van der Waals surface area contributed by atoms with E-state index in [4.69, 9.17) is 20.9 Å². The van der Waals surface area contributed by atoms with Crippen molar-refractivity contribution < 1.29 is 35.9 Å². The van der Waals surface area contributed by atoms with Gasteiger partial charge in [0.1, 0.15) is 21.5 Å². The Labute approximate surface area is 434 Å². The van der Waals surface area contributed by atoms with Gasteiger partial charge in [0.05, 0.1) is 50.2 Å². The third-order valence-electron chi connectivity index (χ3n) is 10.6. The fraction of sp³-hybridized carbons (Fsp3) is 0.360. The average molecular weight is 1110 g/mol. The third kappa shape index (κ3) is 14.4. The van der Waals surface area contributed by atoms with E-state index >= 15 is 0 Å². The van der Waals surface area contributed by atoms with Crippen LogP contribution in [0.2, 0.25) is 0 Å². The summed E-state index contributed by atoms with van der Waals surface area (Å²) >= 11 is 6.33. The molecule has 0 spiro atoms. The Kier molecular flexibility index (Phi) is 18.3. The molecule has 0 bridgehead atoms. The number of nitrogens with zero attached hydrogens (tertiary/aromatic N) is 4. The number of hydrogen-bond acceptors (Lipinski definition) is 14. The van der Waals surface area contributed by atoms with Crippen LogP contribution in [0.15, 0.2) is 98.8 Å². The lowest BCUT2D eigenvalue weighted by Crippen LogP contribution is -2.40. The first-order valence-corrected chi connectivity index (χ1v) is 27.6. The van der Waals surface area contributed by atoms with Gasteiger partial charge in [0, 0.05) is 71.3 Å². The largest absolute Gasteiger partial charge is 0.495 e. The molecule has 2 aliphatic heterocycles. The van der Waals surface area contributed by atoms with Crippen molar-refractivity contribution in [3.8, 4) is 43.1 Å². The molecule has 2 aromatic heterocycles. The molecule has 4 aromatic carbocycles. The fourth-order valence-corrected chi connectivity index (χ4v) is 13.1. The molecular formula is C50H63BrN8O8S4. The highest BCUT2D eigenvalue weighted by Crippen LogP contribution is 2.40. The number of thiazole rings is 2. The summed E-state index contributed by atoms with van der Waals surface area (Å²) in [5.41, 5.74) is 15.8. The highest BCUT2D eigenvalue weighted by molar-refractivity contribution is 9.11. The highest BCUT2D eigenvalue weighted by Gasteiger charge is 2.30. The van der Waals surface area contributed by atoms with Crippen molar-refractivity contribution in [3.63, 3.8) is 0 Å². The molecule has 0 atom stereocenters. The van der Waals surface area contributed by atoms with Crippen LogP contribution in [0.5, 0.6) is 11.5 Å². The number of sulfonamides is 2. The smallest absolute Gasteiger partial charge is 0.241 e. The maximum Gasteiger partial charge on any atom is 0.241 e. The van der Waals surface area contributed by atoms with Crippen molar-refractivity contribution in [2.24, 2.45) is 0 Å². The fourth-order valence-electron chi connectivity index (χ4n) is 7.52. The van der Waals surface area contributed by atoms with Gasteiger partial charge in [-0.3, -0.25) is 9.59 Å². The van der Waals surface area contributed by atoms with Crippen LogP contribution >= 0.6 is 38.6 Å². The molecule has 2 amide bonds. The minimum atomic E-state index is -3.88. The first-order chi connectivity index (χ1) is 32.8. The standard InChI is InChI=1S/C24H28N4O4S2.C15H22N2O3S.C10H9BrN2OS.CH4/c1-24(2,3)27-34(30,31)21-13-16(28-11-5-6-22(28)29)8-9-17(21)20-14-26-23(33-20)15-7-10-18(25)19(12-15)32-4;1-11-7-8-12(17-9-5-6-14(17)18)10-13(11)21(19,20)16-15(2,3)4;1-14-8-4-6(2-3-7(8)12)10-13-5-9(11)15-10;/h7-10,12-14,27H,5-6,11,25H2,1-4H3;7-8,10,16H,5-6,9H2,1-4H3;2-5H,12H2,1H3;1H4. The van der Waals surface area contributed by atoms with E-state index in [9.17, 15) is 26.4 Å². The first kappa shape index (κ1) is 56.5. The van der Waals surface area contributed by atoms with Crippen molar-refractivity contribution in [2.75, 3.05) is 48.6 Å². The Morgan fingerprint density at radius 1 is 0.648 bits per heavy atom. The Morgan fingerprint density at radius 2 is 1.10 bits per heavy atom. The van der Waals surface area contributed by atoms with E-state index in [0.717, 1.165) is 32.8 Å². The van der Waals surface area contributed by atoms with E-state index in [1.54, 1.807) is 145 Å². The van der Waals surface area contributed by atoms with E-state index < -0.39 is 31.1 Å². The molecule has 8 rings (SSSR count). The molecule has 6 aromatic rings. The SMILES string of the molecule is C.COc1cc(-c2ncc(-c3ccc(N4CCCC4=O)cc3S(=O)(=O)NC(C)(C)C)s2)ccc1N.COc1cc(-c2ncc(Br)s2)ccc1N.Cc1ccc(N2CCCC2=O)cc1S(=O)(=O)NC(C)(C)C. The average Bonchev–Trinajstić information content (AvgIpc) is 4.12. The quantitative estimate of drug-likeness (QED) is 0.0889. The van der Waals surface area contributed by atoms with Crippen molar-refractivity contribution in [3.05, 3.63) is 94.5 Å². The summed E-state index contributed by atoms with van der Waals surface area (Å²) in [6.45, 7) is 13.7. The molecule has 4 heterocycles. The van der Waals surface area contributed by atoms with Gasteiger partial charge in [0.15, 0.2) is 0 Å². The lowest BCUT2D eigenvalue weighted by molar-refractivity contribution is -0.117. The van der Waals surface area contributed by atoms with Gasteiger partial charge < -0.3 is 30.7 Å². The number of aromatic nitrogens is 2. The number of nitrogens with two attached hydrogens (primary N) is 2. The molecule has 382 valence electrons. The number of anilines is 4. The number of rotatable bonds is 11. The van der Waals surface area contributed by atoms with E-state index in [2.05, 4.69) is 35.3 Å². The number of aryl methyl sites for hydroxylation is 1. The third-order valence-corrected chi connectivity index (χ3v) is 16.9. The van der Waals surface area contributed by atoms with Crippen LogP contribution < -0.4 is 40.2 Å². The van der Waals surface area contributed by atoms with Crippen LogP contribution in [-0.4, -0.2) is 77.0 Å². The van der Waals surface area contributed by atoms with Gasteiger partial charge in [0.25, 0.3) is 0 Å². The number of halogens is 1. The molecule has 6 N–H and O–H groups in total. The highest BCUT2D eigenvalue weighted by atomic mass is 79.9. The molecule has 21 heteroatoms. The van der Waals surface area contributed by atoms with Crippen molar-refractivity contribution >= 4 is 93.2 Å². The van der Waals surface area contributed by atoms with Gasteiger partial charge in [-0.1, -0.05) is 19.6 Å². The number of methoxy groups -OCH3 is 2. The second-order valence-electron chi connectivity index (χ2n) is 18.6. The molecular weight excluding hydrogens is 1050 g/mol. The van der Waals surface area contributed by atoms with Crippen LogP contribution in [-0.2, 0) is 29.6 Å². The summed E-state index contributed by atoms with van der Waals surface area (Å²) in [6, 6.07) is 21.3. The lowest BCUT2D eigenvalue weighted by Gasteiger charge is -2.23. The van der Waals surface area contributed by atoms with Gasteiger partial charge >= 0.3 is 0 Å². The zero-order valence-electron chi connectivity index (χ0n) is 40.5. The number of hydrogen-bond donors (Lipinski definition) is 4. The summed E-state index contributed by atoms with van der Waals surface area (Å²) < 4.78 is 68.7. The van der Waals surface area contributed by atoms with Crippen LogP contribution in [0.1, 0.15) is 80.2 Å². The van der Waals surface area contributed by atoms with Gasteiger partial charge in [-0.05, 0) is 143 Å². The normalized spacial score (nSPS) is 14.1. The molecule has 16 nitrogen and oxygen atoms in total. The predicted octanol–water partition coefficient (Wildman–Crippen LogP) is 10.3. The molecule has 0 saturated carbocycles. The Morgan fingerprint density at radius 3 is 1.54 bits per heavy atom. The first-order valence-electron chi connectivity index (χ1n) is 22.2. The second-order valence-corrected chi connectivity index (χ2v) is 25.3. The molecule has 2 aliphatic rings. The molecule has 2 saturated heterocycles. The van der Waals surface area contributed by atoms with E-state index in [1.165, 1.54) is 11.3 Å². The van der Waals surface area contributed by atoms with Crippen molar-refractivity contribution in [1.82, 2.24) is 19.4 Å². The van der Waals surface area contributed by atoms with Crippen LogP contribution in [0, 0.1) is 6.92 Å². The Bertz CT molecular complexity index is 3110. The Hall–Kier alpha value is -5.42. The summed E-state index contributed by atoms with van der Waals surface area (Å²) in [5, 5.41) is 1.65. The number of nitrogens with one attached hydrogen (secondary N) is 2. The van der Waals surface area contributed by atoms with Crippen LogP contribution in [0.3, 0.4) is 0 Å². The number of amides is 2. The number of nitrogen functional groups attached to an aromatic ring is 2. The Balaban J connectivity index is 0.000000216. The molecule has 0 aliphatic carbocycles. The van der Waals surface area contributed by atoms with E-state index in [0.29, 0.717) is 81.2 Å². The van der Waals surface area contributed by atoms with Gasteiger partial charge in [-0.15, -0.1) is 22.7 Å². The number of ether oxygens (including phenoxy) is 2. The zero-order valence-corrected chi connectivity index (χ0v) is 45.4. The van der Waals surface area contributed by atoms with Crippen molar-refractivity contribution in [1.29, 1.82) is 0 Å². The van der Waals surface area contributed by atoms with Crippen molar-refractivity contribution in [2.45, 2.75) is 102 Å². The topological polar surface area (TPSA) is 229 Å². The molecule has 71 heavy (non-hydrogen) atoms. The number of carbonyl (C=O) groups is 2. The minimum Gasteiger partial charge on any atom is -0.495 e. The summed E-state index contributed by atoms with van der Waals surface area (Å²) in [4.78, 5) is 37.2. The maximum absolute atomic E-state index is 13.4. The maximum atomic E-state index is 13.4. The van der Waals surface area contributed by atoms with Crippen LogP contribution in [0.25, 0.3) is 31.6 Å². The number of benzene rings is 4. The summed E-state index contributed by atoms with van der Waals surface area (Å²) in [5.74, 6) is 1.27.